The molecule has 3 aromatic carbocycles. The zero-order valence-electron chi connectivity index (χ0n) is 22.3. The molecule has 10 heteroatoms. The Morgan fingerprint density at radius 1 is 0.923 bits per heavy atom. The maximum Gasteiger partial charge on any atom is 0.244 e. The predicted molar refractivity (Wildman–Crippen MR) is 149 cm³/mol. The summed E-state index contributed by atoms with van der Waals surface area (Å²) in [6, 6.07) is 20.3. The van der Waals surface area contributed by atoms with E-state index in [0.717, 1.165) is 17.0 Å². The number of sulfonamides is 1. The summed E-state index contributed by atoms with van der Waals surface area (Å²) in [6.45, 7) is 3.64. The molecule has 39 heavy (non-hydrogen) atoms. The highest BCUT2D eigenvalue weighted by Gasteiger charge is 2.31. The molecule has 3 aromatic rings. The Morgan fingerprint density at radius 3 is 2.10 bits per heavy atom. The van der Waals surface area contributed by atoms with Gasteiger partial charge in [-0.2, -0.15) is 0 Å². The van der Waals surface area contributed by atoms with E-state index in [4.69, 9.17) is 4.74 Å². The molecule has 0 spiro atoms. The Labute approximate surface area is 229 Å². The number of anilines is 1. The summed E-state index contributed by atoms with van der Waals surface area (Å²) in [5, 5.41) is 2.82. The lowest BCUT2D eigenvalue weighted by Crippen LogP contribution is -2.52. The van der Waals surface area contributed by atoms with Crippen molar-refractivity contribution >= 4 is 27.5 Å². The van der Waals surface area contributed by atoms with Crippen LogP contribution in [0.5, 0.6) is 11.5 Å². The monoisotopic (exact) mass is 555 g/mol. The lowest BCUT2D eigenvalue weighted by Gasteiger charge is -2.33. The van der Waals surface area contributed by atoms with Crippen molar-refractivity contribution in [1.29, 1.82) is 0 Å². The van der Waals surface area contributed by atoms with Gasteiger partial charge in [0.1, 0.15) is 29.9 Å². The van der Waals surface area contributed by atoms with Crippen LogP contribution in [0.3, 0.4) is 0 Å². The number of para-hydroxylation sites is 1. The van der Waals surface area contributed by atoms with E-state index in [1.165, 1.54) is 29.2 Å². The normalized spacial score (nSPS) is 11.9. The van der Waals surface area contributed by atoms with Crippen molar-refractivity contribution in [1.82, 2.24) is 10.2 Å². The molecule has 208 valence electrons. The molecule has 0 aliphatic rings. The van der Waals surface area contributed by atoms with Gasteiger partial charge in [0.05, 0.1) is 11.9 Å². The fourth-order valence-corrected chi connectivity index (χ4v) is 4.84. The number of nitrogens with one attached hydrogen (secondary N) is 1. The van der Waals surface area contributed by atoms with Gasteiger partial charge in [-0.05, 0) is 66.9 Å². The SMILES string of the molecule is CCCNC(=O)[C@H](CC)N(Cc1ccc(F)cc1)C(=O)CN(c1ccc(Oc2ccccc2)cc1)S(C)(=O)=O. The number of carbonyl (C=O) groups excluding carboxylic acids is 2. The molecule has 0 aliphatic heterocycles. The topological polar surface area (TPSA) is 96.0 Å². The Balaban J connectivity index is 1.87. The number of carbonyl (C=O) groups is 2. The first-order valence-corrected chi connectivity index (χ1v) is 14.6. The van der Waals surface area contributed by atoms with Gasteiger partial charge in [0.15, 0.2) is 0 Å². The van der Waals surface area contributed by atoms with Gasteiger partial charge in [-0.25, -0.2) is 12.8 Å². The molecule has 0 radical (unpaired) electrons. The molecule has 0 bridgehead atoms. The smallest absolute Gasteiger partial charge is 0.244 e. The van der Waals surface area contributed by atoms with Crippen LogP contribution >= 0.6 is 0 Å². The second-order valence-electron chi connectivity index (χ2n) is 9.04. The van der Waals surface area contributed by atoms with E-state index in [0.29, 0.717) is 30.0 Å². The molecule has 0 aromatic heterocycles. The van der Waals surface area contributed by atoms with Crippen molar-refractivity contribution in [2.75, 3.05) is 23.7 Å². The van der Waals surface area contributed by atoms with Crippen LogP contribution in [0, 0.1) is 5.82 Å². The number of hydrogen-bond donors (Lipinski definition) is 1. The molecule has 1 atom stereocenters. The molecule has 0 unspecified atom stereocenters. The summed E-state index contributed by atoms with van der Waals surface area (Å²) in [7, 11) is -3.87. The van der Waals surface area contributed by atoms with Crippen LogP contribution < -0.4 is 14.4 Å². The van der Waals surface area contributed by atoms with Gasteiger partial charge in [0.25, 0.3) is 0 Å². The third-order valence-electron chi connectivity index (χ3n) is 5.98. The fourth-order valence-electron chi connectivity index (χ4n) is 3.99. The van der Waals surface area contributed by atoms with E-state index in [9.17, 15) is 22.4 Å². The maximum atomic E-state index is 13.7. The molecule has 0 saturated heterocycles. The van der Waals surface area contributed by atoms with Gasteiger partial charge in [-0.3, -0.25) is 13.9 Å². The second-order valence-corrected chi connectivity index (χ2v) is 10.9. The Hall–Kier alpha value is -3.92. The molecule has 0 aliphatic carbocycles. The number of amides is 2. The highest BCUT2D eigenvalue weighted by Crippen LogP contribution is 2.26. The molecule has 8 nitrogen and oxygen atoms in total. The number of benzene rings is 3. The van der Waals surface area contributed by atoms with Crippen LogP contribution in [0.2, 0.25) is 0 Å². The Kier molecular flexibility index (Phi) is 10.4. The van der Waals surface area contributed by atoms with Crippen LogP contribution in [0.25, 0.3) is 0 Å². The van der Waals surface area contributed by atoms with Gasteiger partial charge in [-0.15, -0.1) is 0 Å². The van der Waals surface area contributed by atoms with E-state index in [2.05, 4.69) is 5.32 Å². The van der Waals surface area contributed by atoms with Crippen molar-refractivity contribution in [2.24, 2.45) is 0 Å². The summed E-state index contributed by atoms with van der Waals surface area (Å²) < 4.78 is 45.8. The lowest BCUT2D eigenvalue weighted by molar-refractivity contribution is -0.140. The van der Waals surface area contributed by atoms with Gasteiger partial charge in [0, 0.05) is 13.1 Å². The maximum absolute atomic E-state index is 13.7. The minimum absolute atomic E-state index is 0.0125. The largest absolute Gasteiger partial charge is 0.457 e. The first-order valence-electron chi connectivity index (χ1n) is 12.7. The zero-order valence-corrected chi connectivity index (χ0v) is 23.2. The van der Waals surface area contributed by atoms with Crippen molar-refractivity contribution in [3.63, 3.8) is 0 Å². The van der Waals surface area contributed by atoms with Crippen molar-refractivity contribution < 1.29 is 27.1 Å². The van der Waals surface area contributed by atoms with Crippen LogP contribution in [0.15, 0.2) is 78.9 Å². The van der Waals surface area contributed by atoms with Crippen molar-refractivity contribution in [3.05, 3.63) is 90.2 Å². The van der Waals surface area contributed by atoms with Crippen molar-refractivity contribution in [3.8, 4) is 11.5 Å². The molecule has 0 saturated carbocycles. The van der Waals surface area contributed by atoms with Crippen LogP contribution in [-0.2, 0) is 26.2 Å². The molecular weight excluding hydrogens is 521 g/mol. The molecule has 3 rings (SSSR count). The third-order valence-corrected chi connectivity index (χ3v) is 7.12. The summed E-state index contributed by atoms with van der Waals surface area (Å²) >= 11 is 0. The zero-order chi connectivity index (χ0) is 28.4. The molecule has 0 heterocycles. The van der Waals surface area contributed by atoms with Gasteiger partial charge >= 0.3 is 0 Å². The number of halogens is 1. The van der Waals surface area contributed by atoms with E-state index in [1.807, 2.05) is 25.1 Å². The number of hydrogen-bond acceptors (Lipinski definition) is 5. The standard InChI is InChI=1S/C29H34FN3O5S/c1-4-19-31-29(35)27(5-2)32(20-22-11-13-23(30)14-12-22)28(34)21-33(39(3,36)37)24-15-17-26(18-16-24)38-25-9-7-6-8-10-25/h6-18,27H,4-5,19-21H2,1-3H3,(H,31,35)/t27-/m0/s1. The van der Waals surface area contributed by atoms with Crippen LogP contribution in [-0.4, -0.2) is 50.5 Å². The summed E-state index contributed by atoms with van der Waals surface area (Å²) in [5.74, 6) is -0.187. The summed E-state index contributed by atoms with van der Waals surface area (Å²) in [6.07, 6.45) is 2.05. The molecule has 1 N–H and O–H groups in total. The minimum Gasteiger partial charge on any atom is -0.457 e. The summed E-state index contributed by atoms with van der Waals surface area (Å²) in [5.41, 5.74) is 0.885. The highest BCUT2D eigenvalue weighted by molar-refractivity contribution is 7.92. The number of rotatable bonds is 13. The Bertz CT molecular complexity index is 1330. The lowest BCUT2D eigenvalue weighted by atomic mass is 10.1. The second kappa shape index (κ2) is 13.7. The Morgan fingerprint density at radius 2 is 1.54 bits per heavy atom. The minimum atomic E-state index is -3.87. The summed E-state index contributed by atoms with van der Waals surface area (Å²) in [4.78, 5) is 28.0. The van der Waals surface area contributed by atoms with E-state index in [-0.39, 0.29) is 18.1 Å². The highest BCUT2D eigenvalue weighted by atomic mass is 32.2. The van der Waals surface area contributed by atoms with Crippen molar-refractivity contribution in [2.45, 2.75) is 39.3 Å². The molecule has 2 amide bonds. The molecular formula is C29H34FN3O5S. The number of nitrogens with zero attached hydrogens (tertiary/aromatic N) is 2. The van der Waals surface area contributed by atoms with Gasteiger partial charge in [0.2, 0.25) is 21.8 Å². The first-order chi connectivity index (χ1) is 18.6. The van der Waals surface area contributed by atoms with Gasteiger partial charge in [-0.1, -0.05) is 44.2 Å². The van der Waals surface area contributed by atoms with E-state index in [1.54, 1.807) is 43.3 Å². The first kappa shape index (κ1) is 29.6. The fraction of sp³-hybridized carbons (Fsp3) is 0.310. The van der Waals surface area contributed by atoms with E-state index >= 15 is 0 Å². The number of ether oxygens (including phenoxy) is 1. The average Bonchev–Trinajstić information content (AvgIpc) is 2.92. The average molecular weight is 556 g/mol. The van der Waals surface area contributed by atoms with E-state index < -0.39 is 34.3 Å². The van der Waals surface area contributed by atoms with Gasteiger partial charge < -0.3 is 15.0 Å². The third kappa shape index (κ3) is 8.54. The molecule has 0 fully saturated rings. The van der Waals surface area contributed by atoms with Crippen LogP contribution in [0.1, 0.15) is 32.3 Å². The predicted octanol–water partition coefficient (Wildman–Crippen LogP) is 4.72. The quantitative estimate of drug-likeness (QED) is 0.329. The van der Waals surface area contributed by atoms with Crippen LogP contribution in [0.4, 0.5) is 10.1 Å².